The summed E-state index contributed by atoms with van der Waals surface area (Å²) < 4.78 is 0. The van der Waals surface area contributed by atoms with E-state index in [1.807, 2.05) is 90.1 Å². The van der Waals surface area contributed by atoms with Crippen LogP contribution >= 0.6 is 0 Å². The highest BCUT2D eigenvalue weighted by Crippen LogP contribution is 2.48. The molecule has 5 aromatic rings. The molecule has 0 aliphatic carbocycles. The number of benzene rings is 5. The van der Waals surface area contributed by atoms with Gasteiger partial charge in [0.2, 0.25) is 0 Å². The average molecular weight is 557 g/mol. The standard InChI is InChI=1S/C36H32N2O4/c1-7-8-20-14-26-30-24(34(40)38(36(26)42)16-18(4)5)11-9-21-27-19(6)13-25-29-23(33(39)37(35(25)41)15-17(2)3)12-10-22(31(27)29)28(20)32(21)30/h7-14,17-18H,15-16H2,1-6H3/b8-7+. The van der Waals surface area contributed by atoms with E-state index < -0.39 is 0 Å². The number of amides is 4. The fraction of sp³-hybridized carbons (Fsp3) is 0.278. The molecule has 7 rings (SSSR count). The van der Waals surface area contributed by atoms with Crippen LogP contribution in [0.2, 0.25) is 0 Å². The van der Waals surface area contributed by atoms with Gasteiger partial charge in [-0.05, 0) is 93.4 Å². The van der Waals surface area contributed by atoms with Crippen molar-refractivity contribution in [2.24, 2.45) is 11.8 Å². The van der Waals surface area contributed by atoms with Crippen molar-refractivity contribution in [3.8, 4) is 0 Å². The summed E-state index contributed by atoms with van der Waals surface area (Å²) in [4.78, 5) is 57.8. The molecule has 0 unspecified atom stereocenters. The molecule has 6 heteroatoms. The van der Waals surface area contributed by atoms with Crippen LogP contribution in [0.4, 0.5) is 0 Å². The molecule has 4 amide bonds. The molecule has 210 valence electrons. The van der Waals surface area contributed by atoms with Crippen LogP contribution in [0, 0.1) is 18.8 Å². The number of allylic oxidation sites excluding steroid dienone is 1. The lowest BCUT2D eigenvalue weighted by molar-refractivity contribution is 0.0577. The van der Waals surface area contributed by atoms with Gasteiger partial charge in [-0.2, -0.15) is 0 Å². The Kier molecular flexibility index (Phi) is 5.62. The average Bonchev–Trinajstić information content (AvgIpc) is 2.94. The van der Waals surface area contributed by atoms with E-state index in [0.29, 0.717) is 46.1 Å². The summed E-state index contributed by atoms with van der Waals surface area (Å²) in [7, 11) is 0. The van der Waals surface area contributed by atoms with Crippen LogP contribution in [-0.4, -0.2) is 46.5 Å². The molecule has 0 N–H and O–H groups in total. The van der Waals surface area contributed by atoms with E-state index in [4.69, 9.17) is 0 Å². The van der Waals surface area contributed by atoms with Crippen molar-refractivity contribution in [1.82, 2.24) is 9.80 Å². The minimum atomic E-state index is -0.273. The van der Waals surface area contributed by atoms with Gasteiger partial charge in [0.25, 0.3) is 23.6 Å². The molecule has 2 heterocycles. The molecule has 0 saturated carbocycles. The van der Waals surface area contributed by atoms with Crippen LogP contribution in [0.25, 0.3) is 49.2 Å². The van der Waals surface area contributed by atoms with Gasteiger partial charge in [-0.1, -0.05) is 52.0 Å². The quantitative estimate of drug-likeness (QED) is 0.127. The van der Waals surface area contributed by atoms with Crippen molar-refractivity contribution in [1.29, 1.82) is 0 Å². The van der Waals surface area contributed by atoms with Crippen LogP contribution in [0.3, 0.4) is 0 Å². The second kappa shape index (κ2) is 8.96. The molecule has 0 atom stereocenters. The Bertz CT molecular complexity index is 2100. The first-order chi connectivity index (χ1) is 20.0. The second-order valence-electron chi connectivity index (χ2n) is 12.6. The lowest BCUT2D eigenvalue weighted by Gasteiger charge is -2.32. The smallest absolute Gasteiger partial charge is 0.261 e. The summed E-state index contributed by atoms with van der Waals surface area (Å²) in [6.07, 6.45) is 3.94. The largest absolute Gasteiger partial charge is 0.274 e. The van der Waals surface area contributed by atoms with Gasteiger partial charge in [-0.15, -0.1) is 0 Å². The van der Waals surface area contributed by atoms with E-state index in [1.165, 1.54) is 9.80 Å². The van der Waals surface area contributed by atoms with Crippen molar-refractivity contribution in [3.63, 3.8) is 0 Å². The van der Waals surface area contributed by atoms with Crippen molar-refractivity contribution in [2.45, 2.75) is 41.5 Å². The number of aryl methyl sites for hydroxylation is 1. The van der Waals surface area contributed by atoms with Gasteiger partial charge in [0.05, 0.1) is 0 Å². The Balaban J connectivity index is 1.67. The fourth-order valence-electron chi connectivity index (χ4n) is 7.17. The van der Waals surface area contributed by atoms with Crippen LogP contribution in [0.5, 0.6) is 0 Å². The summed E-state index contributed by atoms with van der Waals surface area (Å²) >= 11 is 0. The highest BCUT2D eigenvalue weighted by atomic mass is 16.2. The number of rotatable bonds is 5. The molecule has 5 aromatic carbocycles. The molecule has 42 heavy (non-hydrogen) atoms. The normalized spacial score (nSPS) is 15.5. The third-order valence-electron chi connectivity index (χ3n) is 8.68. The number of carbonyl (C=O) groups excluding carboxylic acids is 4. The summed E-state index contributed by atoms with van der Waals surface area (Å²) in [5, 5.41) is 6.79. The Morgan fingerprint density at radius 3 is 1.55 bits per heavy atom. The van der Waals surface area contributed by atoms with Crippen molar-refractivity contribution >= 4 is 72.8 Å². The maximum atomic E-state index is 13.9. The topological polar surface area (TPSA) is 74.8 Å². The third-order valence-corrected chi connectivity index (χ3v) is 8.68. The first kappa shape index (κ1) is 26.3. The zero-order valence-electron chi connectivity index (χ0n) is 24.7. The minimum Gasteiger partial charge on any atom is -0.274 e. The molecule has 0 bridgehead atoms. The molecular weight excluding hydrogens is 524 g/mol. The van der Waals surface area contributed by atoms with E-state index in [2.05, 4.69) is 0 Å². The molecule has 0 spiro atoms. The molecule has 0 fully saturated rings. The van der Waals surface area contributed by atoms with Crippen molar-refractivity contribution in [3.05, 3.63) is 75.9 Å². The molecule has 6 nitrogen and oxygen atoms in total. The Morgan fingerprint density at radius 2 is 1.05 bits per heavy atom. The molecule has 0 radical (unpaired) electrons. The van der Waals surface area contributed by atoms with Gasteiger partial charge in [-0.3, -0.25) is 29.0 Å². The van der Waals surface area contributed by atoms with Crippen LogP contribution in [-0.2, 0) is 0 Å². The first-order valence-electron chi connectivity index (χ1n) is 14.6. The number of fused-ring (bicyclic) bond motifs is 2. The van der Waals surface area contributed by atoms with E-state index in [-0.39, 0.29) is 35.5 Å². The van der Waals surface area contributed by atoms with E-state index in [9.17, 15) is 19.2 Å². The summed E-state index contributed by atoms with van der Waals surface area (Å²) in [6.45, 7) is 12.6. The number of nitrogens with zero attached hydrogens (tertiary/aromatic N) is 2. The van der Waals surface area contributed by atoms with Crippen LogP contribution in [0.1, 0.15) is 87.2 Å². The van der Waals surface area contributed by atoms with Crippen molar-refractivity contribution < 1.29 is 19.2 Å². The van der Waals surface area contributed by atoms with Crippen LogP contribution < -0.4 is 0 Å². The fourth-order valence-corrected chi connectivity index (χ4v) is 7.17. The molecule has 2 aliphatic rings. The zero-order valence-corrected chi connectivity index (χ0v) is 24.7. The highest BCUT2D eigenvalue weighted by Gasteiger charge is 2.38. The maximum Gasteiger partial charge on any atom is 0.261 e. The predicted molar refractivity (Wildman–Crippen MR) is 168 cm³/mol. The Morgan fingerprint density at radius 1 is 0.595 bits per heavy atom. The van der Waals surface area contributed by atoms with Gasteiger partial charge >= 0.3 is 0 Å². The lowest BCUT2D eigenvalue weighted by atomic mass is 9.79. The van der Waals surface area contributed by atoms with Crippen LogP contribution in [0.15, 0.2) is 42.5 Å². The Labute approximate surface area is 243 Å². The zero-order chi connectivity index (χ0) is 29.8. The molecule has 0 saturated heterocycles. The van der Waals surface area contributed by atoms with Gasteiger partial charge in [0, 0.05) is 46.1 Å². The molecular formula is C36H32N2O4. The van der Waals surface area contributed by atoms with E-state index in [0.717, 1.165) is 43.4 Å². The molecule has 2 aliphatic heterocycles. The van der Waals surface area contributed by atoms with Crippen molar-refractivity contribution in [2.75, 3.05) is 13.1 Å². The van der Waals surface area contributed by atoms with Gasteiger partial charge in [-0.25, -0.2) is 0 Å². The number of hydrogen-bond acceptors (Lipinski definition) is 4. The number of imide groups is 2. The summed E-state index contributed by atoms with van der Waals surface area (Å²) in [5.41, 5.74) is 3.90. The number of carbonyl (C=O) groups is 4. The van der Waals surface area contributed by atoms with Gasteiger partial charge < -0.3 is 0 Å². The summed E-state index contributed by atoms with van der Waals surface area (Å²) in [5.74, 6) is -0.798. The first-order valence-corrected chi connectivity index (χ1v) is 14.6. The SMILES string of the molecule is C/C=C/c1cc2c3c(ccc4c5c(C)cc6c7c(ccc(c1c34)c75)C(=O)N(CC(C)C)C6=O)C(=O)N(CC(C)C)C2=O. The highest BCUT2D eigenvalue weighted by molar-refractivity contribution is 6.42. The van der Waals surface area contributed by atoms with E-state index >= 15 is 0 Å². The summed E-state index contributed by atoms with van der Waals surface area (Å²) in [6, 6.07) is 11.4. The third kappa shape index (κ3) is 3.32. The lowest BCUT2D eigenvalue weighted by Crippen LogP contribution is -2.42. The van der Waals surface area contributed by atoms with Gasteiger partial charge in [0.15, 0.2) is 0 Å². The van der Waals surface area contributed by atoms with Gasteiger partial charge in [0.1, 0.15) is 0 Å². The number of hydrogen-bond donors (Lipinski definition) is 0. The Hall–Kier alpha value is -4.58. The predicted octanol–water partition coefficient (Wildman–Crippen LogP) is 7.58. The van der Waals surface area contributed by atoms with E-state index in [1.54, 1.807) is 0 Å². The monoisotopic (exact) mass is 556 g/mol. The maximum absolute atomic E-state index is 13.9. The minimum absolute atomic E-state index is 0.137. The second-order valence-corrected chi connectivity index (χ2v) is 12.6. The molecule has 0 aromatic heterocycles.